The molecule has 0 unspecified atom stereocenters. The molecule has 20 heavy (non-hydrogen) atoms. The molecule has 0 spiro atoms. The van der Waals surface area contributed by atoms with Gasteiger partial charge in [0.25, 0.3) is 5.69 Å². The van der Waals surface area contributed by atoms with Gasteiger partial charge in [-0.3, -0.25) is 15.1 Å². The number of nitro groups is 1. The maximum Gasteiger partial charge on any atom is 0.273 e. The van der Waals surface area contributed by atoms with Gasteiger partial charge >= 0.3 is 0 Å². The maximum absolute atomic E-state index is 11.0. The number of hydrogen-bond donors (Lipinski definition) is 0. The third kappa shape index (κ3) is 2.77. The Balaban J connectivity index is 1.77. The van der Waals surface area contributed by atoms with Gasteiger partial charge < -0.3 is 4.74 Å². The number of rotatable bonds is 5. The second-order valence-electron chi connectivity index (χ2n) is 4.86. The molecule has 0 N–H and O–H groups in total. The van der Waals surface area contributed by atoms with Crippen LogP contribution in [0.3, 0.4) is 0 Å². The number of benzene rings is 1. The smallest absolute Gasteiger partial charge is 0.273 e. The van der Waals surface area contributed by atoms with Crippen LogP contribution in [0.4, 0.5) is 5.69 Å². The Morgan fingerprint density at radius 2 is 2.15 bits per heavy atom. The molecule has 5 heteroatoms. The fourth-order valence-corrected chi connectivity index (χ4v) is 2.15. The van der Waals surface area contributed by atoms with Crippen LogP contribution in [-0.4, -0.2) is 9.91 Å². The summed E-state index contributed by atoms with van der Waals surface area (Å²) in [5.41, 5.74) is 1.81. The monoisotopic (exact) mass is 270 g/mol. The summed E-state index contributed by atoms with van der Waals surface area (Å²) in [5, 5.41) is 11.0. The first-order valence-electron chi connectivity index (χ1n) is 6.55. The number of ether oxygens (including phenoxy) is 1. The van der Waals surface area contributed by atoms with Crippen molar-refractivity contribution >= 4 is 5.69 Å². The fourth-order valence-electron chi connectivity index (χ4n) is 2.15. The summed E-state index contributed by atoms with van der Waals surface area (Å²) in [4.78, 5) is 14.9. The fraction of sp³-hybridized carbons (Fsp3) is 0.267. The van der Waals surface area contributed by atoms with Crippen molar-refractivity contribution in [1.82, 2.24) is 4.98 Å². The number of aromatic nitrogens is 1. The van der Waals surface area contributed by atoms with E-state index in [-0.39, 0.29) is 10.6 Å². The van der Waals surface area contributed by atoms with E-state index in [0.29, 0.717) is 18.3 Å². The number of pyridine rings is 1. The highest BCUT2D eigenvalue weighted by Crippen LogP contribution is 2.45. The van der Waals surface area contributed by atoms with Crippen molar-refractivity contribution in [3.63, 3.8) is 0 Å². The Morgan fingerprint density at radius 1 is 1.30 bits per heavy atom. The lowest BCUT2D eigenvalue weighted by atomic mass is 10.1. The Morgan fingerprint density at radius 3 is 2.80 bits per heavy atom. The van der Waals surface area contributed by atoms with Gasteiger partial charge in [0.05, 0.1) is 10.6 Å². The third-order valence-electron chi connectivity index (χ3n) is 3.33. The summed E-state index contributed by atoms with van der Waals surface area (Å²) < 4.78 is 5.66. The molecule has 1 heterocycles. The van der Waals surface area contributed by atoms with Crippen LogP contribution in [0.2, 0.25) is 0 Å². The van der Waals surface area contributed by atoms with Crippen molar-refractivity contribution in [2.75, 3.05) is 0 Å². The lowest BCUT2D eigenvalue weighted by molar-refractivity contribution is -0.385. The summed E-state index contributed by atoms with van der Waals surface area (Å²) in [5.74, 6) is 0.969. The molecule has 1 aromatic heterocycles. The highest BCUT2D eigenvalue weighted by molar-refractivity contribution is 5.48. The van der Waals surface area contributed by atoms with E-state index in [4.69, 9.17) is 4.74 Å². The second-order valence-corrected chi connectivity index (χ2v) is 4.86. The van der Waals surface area contributed by atoms with Crippen molar-refractivity contribution in [1.29, 1.82) is 0 Å². The van der Waals surface area contributed by atoms with Crippen LogP contribution in [0.1, 0.15) is 30.0 Å². The zero-order valence-corrected chi connectivity index (χ0v) is 10.9. The van der Waals surface area contributed by atoms with Crippen LogP contribution in [-0.2, 0) is 6.61 Å². The van der Waals surface area contributed by atoms with Gasteiger partial charge in [-0.2, -0.15) is 0 Å². The van der Waals surface area contributed by atoms with Gasteiger partial charge in [0.2, 0.25) is 0 Å². The molecule has 5 nitrogen and oxygen atoms in total. The lowest BCUT2D eigenvalue weighted by Crippen LogP contribution is -1.99. The zero-order chi connectivity index (χ0) is 13.9. The van der Waals surface area contributed by atoms with E-state index >= 15 is 0 Å². The van der Waals surface area contributed by atoms with Crippen molar-refractivity contribution in [3.8, 4) is 5.75 Å². The molecule has 1 aliphatic rings. The molecule has 0 radical (unpaired) electrons. The van der Waals surface area contributed by atoms with Crippen molar-refractivity contribution in [2.45, 2.75) is 25.4 Å². The third-order valence-corrected chi connectivity index (χ3v) is 3.33. The average Bonchev–Trinajstić information content (AvgIpc) is 3.30. The summed E-state index contributed by atoms with van der Waals surface area (Å²) in [6.07, 6.45) is 3.75. The molecule has 0 atom stereocenters. The molecule has 2 aromatic rings. The predicted molar refractivity (Wildman–Crippen MR) is 73.6 cm³/mol. The molecule has 102 valence electrons. The molecule has 0 aliphatic heterocycles. The van der Waals surface area contributed by atoms with Crippen LogP contribution in [0.5, 0.6) is 5.75 Å². The van der Waals surface area contributed by atoms with Crippen LogP contribution in [0.15, 0.2) is 42.6 Å². The minimum Gasteiger partial charge on any atom is -0.487 e. The van der Waals surface area contributed by atoms with Crippen LogP contribution in [0.25, 0.3) is 0 Å². The van der Waals surface area contributed by atoms with E-state index in [1.807, 2.05) is 18.2 Å². The first kappa shape index (κ1) is 12.6. The highest BCUT2D eigenvalue weighted by Gasteiger charge is 2.30. The molecule has 1 fully saturated rings. The van der Waals surface area contributed by atoms with Crippen molar-refractivity contribution in [3.05, 3.63) is 64.0 Å². The van der Waals surface area contributed by atoms with E-state index in [9.17, 15) is 10.1 Å². The van der Waals surface area contributed by atoms with E-state index in [1.54, 1.807) is 18.3 Å². The van der Waals surface area contributed by atoms with Gasteiger partial charge in [0, 0.05) is 17.8 Å². The molecule has 0 saturated heterocycles. The molecule has 1 aromatic carbocycles. The Labute approximate surface area is 116 Å². The number of nitro benzene ring substituents is 1. The molecule has 0 bridgehead atoms. The van der Waals surface area contributed by atoms with E-state index in [2.05, 4.69) is 4.98 Å². The van der Waals surface area contributed by atoms with Gasteiger partial charge in [-0.25, -0.2) is 0 Å². The molecule has 1 saturated carbocycles. The largest absolute Gasteiger partial charge is 0.487 e. The van der Waals surface area contributed by atoms with Crippen LogP contribution < -0.4 is 4.74 Å². The normalized spacial score (nSPS) is 14.0. The predicted octanol–water partition coefficient (Wildman–Crippen LogP) is 3.45. The second kappa shape index (κ2) is 5.28. The standard InChI is InChI=1S/C15H14N2O3/c18-17(19)15-7-6-13(9-14(15)11-4-5-11)20-10-12-3-1-2-8-16-12/h1-3,6-9,11H,4-5,10H2. The molecular formula is C15H14N2O3. The summed E-state index contributed by atoms with van der Waals surface area (Å²) >= 11 is 0. The zero-order valence-electron chi connectivity index (χ0n) is 10.9. The average molecular weight is 270 g/mol. The van der Waals surface area contributed by atoms with Crippen molar-refractivity contribution in [2.24, 2.45) is 0 Å². The Bertz CT molecular complexity index is 624. The van der Waals surface area contributed by atoms with Gasteiger partial charge in [-0.15, -0.1) is 0 Å². The van der Waals surface area contributed by atoms with E-state index < -0.39 is 0 Å². The molecule has 1 aliphatic carbocycles. The Hall–Kier alpha value is -2.43. The first-order valence-corrected chi connectivity index (χ1v) is 6.55. The molecule has 0 amide bonds. The summed E-state index contributed by atoms with van der Waals surface area (Å²) in [6, 6.07) is 10.6. The minimum absolute atomic E-state index is 0.192. The quantitative estimate of drug-likeness (QED) is 0.616. The topological polar surface area (TPSA) is 65.3 Å². The number of nitrogens with zero attached hydrogens (tertiary/aromatic N) is 2. The first-order chi connectivity index (χ1) is 9.74. The van der Waals surface area contributed by atoms with Gasteiger partial charge in [0.1, 0.15) is 12.4 Å². The summed E-state index contributed by atoms with van der Waals surface area (Å²) in [7, 11) is 0. The van der Waals surface area contributed by atoms with Crippen molar-refractivity contribution < 1.29 is 9.66 Å². The maximum atomic E-state index is 11.0. The van der Waals surface area contributed by atoms with Gasteiger partial charge in [0.15, 0.2) is 0 Å². The SMILES string of the molecule is O=[N+]([O-])c1ccc(OCc2ccccn2)cc1C1CC1. The minimum atomic E-state index is -0.323. The molecular weight excluding hydrogens is 256 g/mol. The van der Waals surface area contributed by atoms with E-state index in [0.717, 1.165) is 24.1 Å². The van der Waals surface area contributed by atoms with Crippen LogP contribution >= 0.6 is 0 Å². The van der Waals surface area contributed by atoms with Gasteiger partial charge in [-0.05, 0) is 43.0 Å². The number of hydrogen-bond acceptors (Lipinski definition) is 4. The Kier molecular flexibility index (Phi) is 3.33. The van der Waals surface area contributed by atoms with E-state index in [1.165, 1.54) is 6.07 Å². The molecule has 3 rings (SSSR count). The highest BCUT2D eigenvalue weighted by atomic mass is 16.6. The lowest BCUT2D eigenvalue weighted by Gasteiger charge is -2.08. The van der Waals surface area contributed by atoms with Crippen LogP contribution in [0, 0.1) is 10.1 Å². The summed E-state index contributed by atoms with van der Waals surface area (Å²) in [6.45, 7) is 0.364. The van der Waals surface area contributed by atoms with Gasteiger partial charge in [-0.1, -0.05) is 6.07 Å².